The molecule has 1 heterocycles. The molecule has 1 atom stereocenters. The van der Waals surface area contributed by atoms with E-state index in [-0.39, 0.29) is 25.1 Å². The first-order valence-corrected chi connectivity index (χ1v) is 9.96. The highest BCUT2D eigenvalue weighted by Gasteiger charge is 2.22. The summed E-state index contributed by atoms with van der Waals surface area (Å²) in [6.45, 7) is 1.45. The summed E-state index contributed by atoms with van der Waals surface area (Å²) in [7, 11) is 0. The van der Waals surface area contributed by atoms with Crippen LogP contribution in [0.5, 0.6) is 0 Å². The Bertz CT molecular complexity index is 1040. The molecular weight excluding hydrogens is 382 g/mol. The topological polar surface area (TPSA) is 99.0 Å². The predicted octanol–water partition coefficient (Wildman–Crippen LogP) is 2.39. The fraction of sp³-hybridized carbons (Fsp3) is 0.318. The molecule has 3 aromatic rings. The fourth-order valence-corrected chi connectivity index (χ4v) is 3.58. The predicted molar refractivity (Wildman–Crippen MR) is 109 cm³/mol. The summed E-state index contributed by atoms with van der Waals surface area (Å²) in [5.41, 5.74) is 4.34. The van der Waals surface area contributed by atoms with Crippen molar-refractivity contribution in [2.75, 3.05) is 6.61 Å². The molecule has 0 saturated carbocycles. The van der Waals surface area contributed by atoms with Gasteiger partial charge >= 0.3 is 5.97 Å². The van der Waals surface area contributed by atoms with Gasteiger partial charge in [-0.1, -0.05) is 54.1 Å². The quantitative estimate of drug-likeness (QED) is 0.632. The summed E-state index contributed by atoms with van der Waals surface area (Å²) < 4.78 is 5.09. The van der Waals surface area contributed by atoms with Crippen LogP contribution in [0.1, 0.15) is 35.6 Å². The zero-order valence-corrected chi connectivity index (χ0v) is 16.7. The molecule has 0 radical (unpaired) electrons. The smallest absolute Gasteiger partial charge is 0.330 e. The van der Waals surface area contributed by atoms with Gasteiger partial charge in [-0.3, -0.25) is 4.79 Å². The van der Waals surface area contributed by atoms with Crippen LogP contribution < -0.4 is 5.32 Å². The van der Waals surface area contributed by atoms with E-state index in [1.165, 1.54) is 5.56 Å². The van der Waals surface area contributed by atoms with Gasteiger partial charge in [0.05, 0.1) is 6.04 Å². The first-order valence-electron chi connectivity index (χ1n) is 9.96. The Balaban J connectivity index is 1.27. The van der Waals surface area contributed by atoms with E-state index in [2.05, 4.69) is 26.8 Å². The number of rotatable bonds is 6. The van der Waals surface area contributed by atoms with Crippen molar-refractivity contribution in [3.63, 3.8) is 0 Å². The van der Waals surface area contributed by atoms with Crippen LogP contribution in [0.2, 0.25) is 0 Å². The van der Waals surface area contributed by atoms with Crippen molar-refractivity contribution in [2.45, 2.75) is 38.8 Å². The SMILES string of the molecule is Cc1ccc(-c2nnn(CC(=O)OCC(=O)NC3CCCc4ccccc43)n2)cc1. The third-order valence-corrected chi connectivity index (χ3v) is 5.10. The molecule has 1 aliphatic rings. The minimum Gasteiger partial charge on any atom is -0.454 e. The molecule has 1 aromatic heterocycles. The molecule has 1 N–H and O–H groups in total. The number of hydrogen-bond acceptors (Lipinski definition) is 6. The van der Waals surface area contributed by atoms with Crippen molar-refractivity contribution in [2.24, 2.45) is 0 Å². The van der Waals surface area contributed by atoms with Crippen LogP contribution in [0.3, 0.4) is 0 Å². The monoisotopic (exact) mass is 405 g/mol. The fourth-order valence-electron chi connectivity index (χ4n) is 3.58. The number of carbonyl (C=O) groups is 2. The lowest BCUT2D eigenvalue weighted by Crippen LogP contribution is -2.34. The molecule has 30 heavy (non-hydrogen) atoms. The highest BCUT2D eigenvalue weighted by atomic mass is 16.5. The second-order valence-electron chi connectivity index (χ2n) is 7.38. The molecule has 154 valence electrons. The number of esters is 1. The lowest BCUT2D eigenvalue weighted by atomic mass is 9.88. The molecule has 0 aliphatic heterocycles. The number of ether oxygens (including phenoxy) is 1. The second kappa shape index (κ2) is 8.86. The van der Waals surface area contributed by atoms with Crippen LogP contribution in [-0.2, 0) is 27.3 Å². The van der Waals surface area contributed by atoms with Gasteiger partial charge in [0.25, 0.3) is 5.91 Å². The number of aromatic nitrogens is 4. The molecule has 0 spiro atoms. The summed E-state index contributed by atoms with van der Waals surface area (Å²) in [6, 6.07) is 15.7. The van der Waals surface area contributed by atoms with Crippen LogP contribution in [0.15, 0.2) is 48.5 Å². The lowest BCUT2D eigenvalue weighted by Gasteiger charge is -2.26. The number of nitrogens with zero attached hydrogens (tertiary/aromatic N) is 4. The van der Waals surface area contributed by atoms with Crippen LogP contribution in [0, 0.1) is 6.92 Å². The van der Waals surface area contributed by atoms with Gasteiger partial charge in [-0.05, 0) is 42.5 Å². The maximum Gasteiger partial charge on any atom is 0.330 e. The summed E-state index contributed by atoms with van der Waals surface area (Å²) in [4.78, 5) is 25.5. The first-order chi connectivity index (χ1) is 14.6. The highest BCUT2D eigenvalue weighted by Crippen LogP contribution is 2.29. The van der Waals surface area contributed by atoms with Crippen LogP contribution in [-0.4, -0.2) is 38.7 Å². The number of carbonyl (C=O) groups excluding carboxylic acids is 2. The maximum absolute atomic E-state index is 12.3. The standard InChI is InChI=1S/C22H23N5O3/c1-15-9-11-17(12-10-15)22-24-26-27(25-22)13-21(29)30-14-20(28)23-19-8-4-6-16-5-2-3-7-18(16)19/h2-3,5,7,9-12,19H,4,6,8,13-14H2,1H3,(H,23,28). The largest absolute Gasteiger partial charge is 0.454 e. The maximum atomic E-state index is 12.3. The number of aryl methyl sites for hydroxylation is 2. The number of tetrazole rings is 1. The van der Waals surface area contributed by atoms with Crippen molar-refractivity contribution >= 4 is 11.9 Å². The van der Waals surface area contributed by atoms with E-state index in [1.54, 1.807) is 0 Å². The Labute approximate surface area is 174 Å². The lowest BCUT2D eigenvalue weighted by molar-refractivity contribution is -0.149. The number of benzene rings is 2. The number of amides is 1. The second-order valence-corrected chi connectivity index (χ2v) is 7.38. The van der Waals surface area contributed by atoms with Gasteiger partial charge in [0.2, 0.25) is 5.82 Å². The molecule has 2 aromatic carbocycles. The average molecular weight is 405 g/mol. The third kappa shape index (κ3) is 4.71. The van der Waals surface area contributed by atoms with E-state index in [9.17, 15) is 9.59 Å². The van der Waals surface area contributed by atoms with Crippen LogP contribution >= 0.6 is 0 Å². The van der Waals surface area contributed by atoms with Crippen molar-refractivity contribution in [1.82, 2.24) is 25.5 Å². The number of nitrogens with one attached hydrogen (secondary N) is 1. The van der Waals surface area contributed by atoms with Gasteiger partial charge in [-0.15, -0.1) is 10.2 Å². The molecule has 1 amide bonds. The minimum atomic E-state index is -0.595. The number of hydrogen-bond donors (Lipinski definition) is 1. The molecule has 8 heteroatoms. The Kier molecular flexibility index (Phi) is 5.83. The zero-order valence-electron chi connectivity index (χ0n) is 16.7. The van der Waals surface area contributed by atoms with E-state index in [0.29, 0.717) is 5.82 Å². The molecule has 8 nitrogen and oxygen atoms in total. The van der Waals surface area contributed by atoms with Crippen molar-refractivity contribution in [3.05, 3.63) is 65.2 Å². The van der Waals surface area contributed by atoms with Gasteiger partial charge < -0.3 is 10.1 Å². The van der Waals surface area contributed by atoms with Crippen molar-refractivity contribution < 1.29 is 14.3 Å². The van der Waals surface area contributed by atoms with E-state index in [4.69, 9.17) is 4.74 Å². The van der Waals surface area contributed by atoms with Crippen LogP contribution in [0.25, 0.3) is 11.4 Å². The Morgan fingerprint density at radius 2 is 1.97 bits per heavy atom. The molecule has 0 fully saturated rings. The van der Waals surface area contributed by atoms with Gasteiger partial charge in [0.15, 0.2) is 13.2 Å². The first kappa shape index (κ1) is 19.8. The molecular formula is C22H23N5O3. The van der Waals surface area contributed by atoms with Crippen molar-refractivity contribution in [3.8, 4) is 11.4 Å². The normalized spacial score (nSPS) is 15.3. The van der Waals surface area contributed by atoms with E-state index >= 15 is 0 Å². The minimum absolute atomic E-state index is 0.0461. The highest BCUT2D eigenvalue weighted by molar-refractivity contribution is 5.80. The summed E-state index contributed by atoms with van der Waals surface area (Å²) in [6.07, 6.45) is 2.91. The van der Waals surface area contributed by atoms with Crippen molar-refractivity contribution in [1.29, 1.82) is 0 Å². The van der Waals surface area contributed by atoms with E-state index < -0.39 is 5.97 Å². The average Bonchev–Trinajstić information content (AvgIpc) is 3.21. The van der Waals surface area contributed by atoms with E-state index in [0.717, 1.165) is 40.7 Å². The molecule has 0 saturated heterocycles. The molecule has 0 bridgehead atoms. The Morgan fingerprint density at radius 1 is 1.17 bits per heavy atom. The van der Waals surface area contributed by atoms with Gasteiger partial charge in [-0.2, -0.15) is 4.80 Å². The molecule has 1 aliphatic carbocycles. The Hall–Kier alpha value is -3.55. The summed E-state index contributed by atoms with van der Waals surface area (Å²) in [5, 5.41) is 15.0. The van der Waals surface area contributed by atoms with E-state index in [1.807, 2.05) is 49.4 Å². The van der Waals surface area contributed by atoms with Gasteiger partial charge in [0.1, 0.15) is 0 Å². The summed E-state index contributed by atoms with van der Waals surface area (Å²) >= 11 is 0. The molecule has 1 unspecified atom stereocenters. The molecule has 4 rings (SSSR count). The Morgan fingerprint density at radius 3 is 2.80 bits per heavy atom. The zero-order chi connectivity index (χ0) is 20.9. The number of fused-ring (bicyclic) bond motifs is 1. The van der Waals surface area contributed by atoms with Gasteiger partial charge in [-0.25, -0.2) is 4.79 Å². The third-order valence-electron chi connectivity index (χ3n) is 5.10. The van der Waals surface area contributed by atoms with Gasteiger partial charge in [0, 0.05) is 5.56 Å². The summed E-state index contributed by atoms with van der Waals surface area (Å²) in [5.74, 6) is -0.490. The van der Waals surface area contributed by atoms with Crippen LogP contribution in [0.4, 0.5) is 0 Å².